The number of aliphatic imine (C=N–C) groups is 1. The average Bonchev–Trinajstić information content (AvgIpc) is 3.45. The maximum absolute atomic E-state index is 14.1. The van der Waals surface area contributed by atoms with Crippen LogP contribution in [0.4, 0.5) is 14.5 Å². The van der Waals surface area contributed by atoms with Gasteiger partial charge in [0.05, 0.1) is 12.2 Å². The normalized spacial score (nSPS) is 16.0. The van der Waals surface area contributed by atoms with E-state index in [2.05, 4.69) is 25.8 Å². The van der Waals surface area contributed by atoms with Crippen LogP contribution in [0.15, 0.2) is 53.8 Å². The molecule has 1 saturated heterocycles. The van der Waals surface area contributed by atoms with E-state index in [1.165, 1.54) is 18.5 Å². The van der Waals surface area contributed by atoms with Crippen molar-refractivity contribution in [2.24, 2.45) is 4.99 Å². The predicted molar refractivity (Wildman–Crippen MR) is 132 cm³/mol. The molecule has 4 rings (SSSR count). The molecule has 0 bridgehead atoms. The molecule has 0 saturated carbocycles. The summed E-state index contributed by atoms with van der Waals surface area (Å²) in [5.74, 6) is 0.325. The summed E-state index contributed by atoms with van der Waals surface area (Å²) in [6.07, 6.45) is 2.32. The lowest BCUT2D eigenvalue weighted by Gasteiger charge is -2.21. The van der Waals surface area contributed by atoms with Gasteiger partial charge in [-0.25, -0.2) is 18.8 Å². The van der Waals surface area contributed by atoms with Gasteiger partial charge in [0, 0.05) is 37.3 Å². The van der Waals surface area contributed by atoms with E-state index >= 15 is 0 Å². The number of nitrogens with zero attached hydrogens (tertiary/aromatic N) is 4. The van der Waals surface area contributed by atoms with Crippen molar-refractivity contribution >= 4 is 35.6 Å². The Kier molecular flexibility index (Phi) is 8.37. The molecular formula is C22H26F2IN7. The quantitative estimate of drug-likeness (QED) is 0.247. The Hall–Kier alpha value is -2.76. The lowest BCUT2D eigenvalue weighted by atomic mass is 10.1. The summed E-state index contributed by atoms with van der Waals surface area (Å²) >= 11 is 0. The molecule has 10 heteroatoms. The summed E-state index contributed by atoms with van der Waals surface area (Å²) < 4.78 is 27.3. The molecule has 2 heterocycles. The van der Waals surface area contributed by atoms with Crippen molar-refractivity contribution in [1.82, 2.24) is 25.8 Å². The van der Waals surface area contributed by atoms with Crippen LogP contribution >= 0.6 is 24.0 Å². The molecule has 1 unspecified atom stereocenters. The summed E-state index contributed by atoms with van der Waals surface area (Å²) in [5.41, 5.74) is 2.43. The van der Waals surface area contributed by atoms with Crippen molar-refractivity contribution < 1.29 is 8.78 Å². The smallest absolute Gasteiger partial charge is 0.191 e. The second-order valence-corrected chi connectivity index (χ2v) is 7.40. The van der Waals surface area contributed by atoms with E-state index < -0.39 is 11.6 Å². The van der Waals surface area contributed by atoms with E-state index in [0.717, 1.165) is 36.0 Å². The number of halogens is 3. The predicted octanol–water partition coefficient (Wildman–Crippen LogP) is 3.70. The first kappa shape index (κ1) is 23.9. The van der Waals surface area contributed by atoms with Gasteiger partial charge in [-0.1, -0.05) is 18.2 Å². The molecular weight excluding hydrogens is 527 g/mol. The van der Waals surface area contributed by atoms with Gasteiger partial charge in [-0.2, -0.15) is 5.10 Å². The van der Waals surface area contributed by atoms with E-state index in [-0.39, 0.29) is 30.0 Å². The van der Waals surface area contributed by atoms with Gasteiger partial charge in [-0.15, -0.1) is 24.0 Å². The van der Waals surface area contributed by atoms with Crippen LogP contribution in [-0.2, 0) is 6.54 Å². The minimum Gasteiger partial charge on any atom is -0.367 e. The Bertz CT molecular complexity index is 1040. The minimum absolute atomic E-state index is 0. The fourth-order valence-corrected chi connectivity index (χ4v) is 3.68. The zero-order valence-electron chi connectivity index (χ0n) is 17.7. The standard InChI is InChI=1S/C22H25F2N7.HI/c1-2-25-22(26-12-15-4-3-5-16(10-15)21-27-14-28-30-21)29-18-8-9-31(13-18)20-7-6-17(23)11-19(20)24;/h3-7,10-11,14,18H,2,8-9,12-13H2,1H3,(H2,25,26,29)(H,27,28,30);1H. The third-order valence-corrected chi connectivity index (χ3v) is 5.16. The van der Waals surface area contributed by atoms with Gasteiger partial charge < -0.3 is 15.5 Å². The monoisotopic (exact) mass is 553 g/mol. The molecule has 7 nitrogen and oxygen atoms in total. The topological polar surface area (TPSA) is 81.2 Å². The van der Waals surface area contributed by atoms with Crippen molar-refractivity contribution in [3.05, 3.63) is 66.0 Å². The number of H-pyrrole nitrogens is 1. The number of aromatic nitrogens is 3. The molecule has 3 N–H and O–H groups in total. The molecule has 3 aromatic rings. The van der Waals surface area contributed by atoms with Crippen LogP contribution in [0.1, 0.15) is 18.9 Å². The molecule has 0 aliphatic carbocycles. The van der Waals surface area contributed by atoms with Gasteiger partial charge in [0.25, 0.3) is 0 Å². The lowest BCUT2D eigenvalue weighted by Crippen LogP contribution is -2.44. The number of rotatable bonds is 6. The fraction of sp³-hybridized carbons (Fsp3) is 0.318. The number of hydrogen-bond donors (Lipinski definition) is 3. The summed E-state index contributed by atoms with van der Waals surface area (Å²) in [4.78, 5) is 10.8. The molecule has 0 amide bonds. The molecule has 2 aromatic carbocycles. The molecule has 1 aliphatic rings. The van der Waals surface area contributed by atoms with E-state index in [1.54, 1.807) is 0 Å². The molecule has 1 aromatic heterocycles. The van der Waals surface area contributed by atoms with Crippen molar-refractivity contribution in [2.45, 2.75) is 25.9 Å². The maximum Gasteiger partial charge on any atom is 0.191 e. The van der Waals surface area contributed by atoms with Gasteiger partial charge in [-0.05, 0) is 37.1 Å². The molecule has 0 radical (unpaired) electrons. The first-order valence-corrected chi connectivity index (χ1v) is 10.3. The van der Waals surface area contributed by atoms with Crippen LogP contribution < -0.4 is 15.5 Å². The SMILES string of the molecule is CCNC(=NCc1cccc(-c2ncn[nH]2)c1)NC1CCN(c2ccc(F)cc2F)C1.I. The highest BCUT2D eigenvalue weighted by molar-refractivity contribution is 14.0. The number of benzene rings is 2. The zero-order valence-corrected chi connectivity index (χ0v) is 20.0. The maximum atomic E-state index is 14.1. The highest BCUT2D eigenvalue weighted by Crippen LogP contribution is 2.24. The Morgan fingerprint density at radius 2 is 2.12 bits per heavy atom. The Labute approximate surface area is 202 Å². The van der Waals surface area contributed by atoms with Crippen LogP contribution in [-0.4, -0.2) is 46.8 Å². The van der Waals surface area contributed by atoms with Crippen molar-refractivity contribution in [3.63, 3.8) is 0 Å². The third kappa shape index (κ3) is 5.93. The van der Waals surface area contributed by atoms with Gasteiger partial charge in [-0.3, -0.25) is 5.10 Å². The number of hydrogen-bond acceptors (Lipinski definition) is 4. The molecule has 1 aliphatic heterocycles. The number of guanidine groups is 1. The van der Waals surface area contributed by atoms with E-state index in [4.69, 9.17) is 4.99 Å². The first-order valence-electron chi connectivity index (χ1n) is 10.3. The van der Waals surface area contributed by atoms with Gasteiger partial charge >= 0.3 is 0 Å². The molecule has 1 fully saturated rings. The summed E-state index contributed by atoms with van der Waals surface area (Å²) in [7, 11) is 0. The Morgan fingerprint density at radius 3 is 2.88 bits per heavy atom. The van der Waals surface area contributed by atoms with Crippen molar-refractivity contribution in [2.75, 3.05) is 24.5 Å². The second-order valence-electron chi connectivity index (χ2n) is 7.40. The van der Waals surface area contributed by atoms with Gasteiger partial charge in [0.1, 0.15) is 18.0 Å². The third-order valence-electron chi connectivity index (χ3n) is 5.16. The zero-order chi connectivity index (χ0) is 21.6. The van der Waals surface area contributed by atoms with E-state index in [1.807, 2.05) is 36.1 Å². The van der Waals surface area contributed by atoms with E-state index in [9.17, 15) is 8.78 Å². The average molecular weight is 553 g/mol. The second kappa shape index (κ2) is 11.2. The van der Waals surface area contributed by atoms with Gasteiger partial charge in [0.15, 0.2) is 11.8 Å². The van der Waals surface area contributed by atoms with Crippen LogP contribution in [0.3, 0.4) is 0 Å². The van der Waals surface area contributed by atoms with Crippen molar-refractivity contribution in [1.29, 1.82) is 0 Å². The minimum atomic E-state index is -0.566. The van der Waals surface area contributed by atoms with Crippen LogP contribution in [0.5, 0.6) is 0 Å². The van der Waals surface area contributed by atoms with Crippen LogP contribution in [0, 0.1) is 11.6 Å². The number of nitrogens with one attached hydrogen (secondary N) is 3. The summed E-state index contributed by atoms with van der Waals surface area (Å²) in [5, 5.41) is 13.5. The highest BCUT2D eigenvalue weighted by atomic mass is 127. The summed E-state index contributed by atoms with van der Waals surface area (Å²) in [6.45, 7) is 4.55. The fourth-order valence-electron chi connectivity index (χ4n) is 3.68. The van der Waals surface area contributed by atoms with Crippen LogP contribution in [0.25, 0.3) is 11.4 Å². The molecule has 170 valence electrons. The largest absolute Gasteiger partial charge is 0.367 e. The van der Waals surface area contributed by atoms with Gasteiger partial charge in [0.2, 0.25) is 0 Å². The van der Waals surface area contributed by atoms with Crippen molar-refractivity contribution in [3.8, 4) is 11.4 Å². The lowest BCUT2D eigenvalue weighted by molar-refractivity contribution is 0.580. The Balaban J connectivity index is 0.00000289. The molecule has 32 heavy (non-hydrogen) atoms. The van der Waals surface area contributed by atoms with Crippen LogP contribution in [0.2, 0.25) is 0 Å². The number of anilines is 1. The molecule has 0 spiro atoms. The molecule has 1 atom stereocenters. The van der Waals surface area contributed by atoms with E-state index in [0.29, 0.717) is 31.3 Å². The first-order chi connectivity index (χ1) is 15.1. The summed E-state index contributed by atoms with van der Waals surface area (Å²) in [6, 6.07) is 11.8. The number of aromatic amines is 1. The highest BCUT2D eigenvalue weighted by Gasteiger charge is 2.25. The Morgan fingerprint density at radius 1 is 1.25 bits per heavy atom.